The molecule has 0 bridgehead atoms. The largest absolute Gasteiger partial charge is 0.371 e. The SMILES string of the molecule is O=C(NCCc1nnc2ccccn12)c1cc([N+](=O)[O-])ccc1N1CCCC1. The highest BCUT2D eigenvalue weighted by Crippen LogP contribution is 2.28. The van der Waals surface area contributed by atoms with E-state index in [4.69, 9.17) is 0 Å². The third-order valence-electron chi connectivity index (χ3n) is 4.90. The number of pyridine rings is 1. The van der Waals surface area contributed by atoms with Gasteiger partial charge >= 0.3 is 0 Å². The van der Waals surface area contributed by atoms with Crippen molar-refractivity contribution in [3.05, 3.63) is 64.1 Å². The molecule has 0 spiro atoms. The number of amides is 1. The number of nitrogens with zero attached hydrogens (tertiary/aromatic N) is 5. The minimum absolute atomic E-state index is 0.0865. The quantitative estimate of drug-likeness (QED) is 0.519. The lowest BCUT2D eigenvalue weighted by Gasteiger charge is -2.20. The van der Waals surface area contributed by atoms with Crippen LogP contribution in [0, 0.1) is 10.1 Å². The van der Waals surface area contributed by atoms with Gasteiger partial charge in [0.2, 0.25) is 0 Å². The van der Waals surface area contributed by atoms with Crippen molar-refractivity contribution in [1.29, 1.82) is 0 Å². The molecule has 144 valence electrons. The highest BCUT2D eigenvalue weighted by molar-refractivity contribution is 6.00. The Labute approximate surface area is 161 Å². The van der Waals surface area contributed by atoms with Gasteiger partial charge in [0.25, 0.3) is 11.6 Å². The molecule has 0 radical (unpaired) electrons. The van der Waals surface area contributed by atoms with E-state index < -0.39 is 4.92 Å². The smallest absolute Gasteiger partial charge is 0.270 e. The summed E-state index contributed by atoms with van der Waals surface area (Å²) in [5.74, 6) is 0.425. The zero-order valence-electron chi connectivity index (χ0n) is 15.2. The standard InChI is InChI=1S/C19H20N6O3/c26-19(20-9-8-18-22-21-17-5-1-2-12-24(17)18)15-13-14(25(27)28)6-7-16(15)23-10-3-4-11-23/h1-2,5-7,12-13H,3-4,8-11H2,(H,20,26). The Balaban J connectivity index is 1.50. The van der Waals surface area contributed by atoms with Gasteiger partial charge in [-0.2, -0.15) is 0 Å². The molecule has 9 nitrogen and oxygen atoms in total. The number of non-ortho nitro benzene ring substituents is 1. The summed E-state index contributed by atoms with van der Waals surface area (Å²) in [6.45, 7) is 2.06. The van der Waals surface area contributed by atoms with E-state index in [1.807, 2.05) is 28.8 Å². The van der Waals surface area contributed by atoms with Gasteiger partial charge in [0.1, 0.15) is 5.82 Å². The number of hydrogen-bond donors (Lipinski definition) is 1. The number of nitro benzene ring substituents is 1. The van der Waals surface area contributed by atoms with Gasteiger partial charge in [0.15, 0.2) is 5.65 Å². The van der Waals surface area contributed by atoms with Crippen molar-refractivity contribution >= 4 is 22.9 Å². The van der Waals surface area contributed by atoms with E-state index in [9.17, 15) is 14.9 Å². The number of fused-ring (bicyclic) bond motifs is 1. The van der Waals surface area contributed by atoms with Crippen molar-refractivity contribution in [2.24, 2.45) is 0 Å². The second-order valence-electron chi connectivity index (χ2n) is 6.70. The van der Waals surface area contributed by atoms with Crippen molar-refractivity contribution in [2.45, 2.75) is 19.3 Å². The molecule has 0 saturated carbocycles. The van der Waals surface area contributed by atoms with E-state index in [0.29, 0.717) is 18.5 Å². The summed E-state index contributed by atoms with van der Waals surface area (Å²) in [6.07, 6.45) is 4.49. The first-order chi connectivity index (χ1) is 13.6. The van der Waals surface area contributed by atoms with Gasteiger partial charge in [-0.3, -0.25) is 19.3 Å². The zero-order valence-corrected chi connectivity index (χ0v) is 15.2. The molecule has 0 atom stereocenters. The number of aromatic nitrogens is 3. The summed E-state index contributed by atoms with van der Waals surface area (Å²) in [5, 5.41) is 22.2. The lowest BCUT2D eigenvalue weighted by atomic mass is 10.1. The summed E-state index contributed by atoms with van der Waals surface area (Å²) in [6, 6.07) is 10.1. The fourth-order valence-electron chi connectivity index (χ4n) is 3.50. The van der Waals surface area contributed by atoms with E-state index >= 15 is 0 Å². The molecule has 28 heavy (non-hydrogen) atoms. The average Bonchev–Trinajstić information content (AvgIpc) is 3.38. The molecule has 1 N–H and O–H groups in total. The van der Waals surface area contributed by atoms with Gasteiger partial charge < -0.3 is 10.2 Å². The summed E-state index contributed by atoms with van der Waals surface area (Å²) >= 11 is 0. The maximum atomic E-state index is 12.8. The van der Waals surface area contributed by atoms with Crippen LogP contribution in [0.3, 0.4) is 0 Å². The van der Waals surface area contributed by atoms with Crippen LogP contribution in [0.4, 0.5) is 11.4 Å². The van der Waals surface area contributed by atoms with Crippen molar-refractivity contribution in [1.82, 2.24) is 19.9 Å². The van der Waals surface area contributed by atoms with Crippen LogP contribution < -0.4 is 10.2 Å². The maximum absolute atomic E-state index is 12.8. The molecule has 1 aromatic carbocycles. The molecule has 3 aromatic rings. The summed E-state index contributed by atoms with van der Waals surface area (Å²) in [7, 11) is 0. The first-order valence-electron chi connectivity index (χ1n) is 9.24. The molecular weight excluding hydrogens is 360 g/mol. The van der Waals surface area contributed by atoms with Crippen LogP contribution >= 0.6 is 0 Å². The Bertz CT molecular complexity index is 1030. The third-order valence-corrected chi connectivity index (χ3v) is 4.90. The van der Waals surface area contributed by atoms with Crippen LogP contribution in [0.2, 0.25) is 0 Å². The van der Waals surface area contributed by atoms with Crippen LogP contribution in [0.15, 0.2) is 42.6 Å². The molecule has 2 aromatic heterocycles. The highest BCUT2D eigenvalue weighted by atomic mass is 16.6. The fourth-order valence-corrected chi connectivity index (χ4v) is 3.50. The van der Waals surface area contributed by atoms with E-state index in [2.05, 4.69) is 20.4 Å². The van der Waals surface area contributed by atoms with Crippen molar-refractivity contribution in [3.63, 3.8) is 0 Å². The summed E-state index contributed by atoms with van der Waals surface area (Å²) in [5.41, 5.74) is 1.74. The molecule has 1 fully saturated rings. The predicted molar refractivity (Wildman–Crippen MR) is 104 cm³/mol. The summed E-state index contributed by atoms with van der Waals surface area (Å²) < 4.78 is 1.87. The van der Waals surface area contributed by atoms with E-state index in [-0.39, 0.29) is 11.6 Å². The Morgan fingerprint density at radius 1 is 1.18 bits per heavy atom. The number of rotatable bonds is 6. The molecule has 0 aliphatic carbocycles. The minimum atomic E-state index is -0.479. The van der Waals surface area contributed by atoms with Crippen molar-refractivity contribution < 1.29 is 9.72 Å². The summed E-state index contributed by atoms with van der Waals surface area (Å²) in [4.78, 5) is 25.6. The number of benzene rings is 1. The number of anilines is 1. The highest BCUT2D eigenvalue weighted by Gasteiger charge is 2.22. The first kappa shape index (κ1) is 17.9. The zero-order chi connectivity index (χ0) is 19.5. The molecule has 4 rings (SSSR count). The van der Waals surface area contributed by atoms with Gasteiger partial charge in [-0.15, -0.1) is 10.2 Å². The second kappa shape index (κ2) is 7.63. The number of carbonyl (C=O) groups excluding carboxylic acids is 1. The molecule has 1 amide bonds. The van der Waals surface area contributed by atoms with Crippen molar-refractivity contribution in [2.75, 3.05) is 24.5 Å². The lowest BCUT2D eigenvalue weighted by molar-refractivity contribution is -0.384. The van der Waals surface area contributed by atoms with Gasteiger partial charge in [-0.05, 0) is 31.0 Å². The molecule has 9 heteroatoms. The molecule has 1 aliphatic rings. The number of nitrogens with one attached hydrogen (secondary N) is 1. The molecule has 0 unspecified atom stereocenters. The Hall–Kier alpha value is -3.49. The van der Waals surface area contributed by atoms with E-state index in [1.54, 1.807) is 6.07 Å². The topological polar surface area (TPSA) is 106 Å². The molecule has 1 aliphatic heterocycles. The van der Waals surface area contributed by atoms with Gasteiger partial charge in [0, 0.05) is 44.4 Å². The molecule has 3 heterocycles. The minimum Gasteiger partial charge on any atom is -0.371 e. The molecular formula is C19H20N6O3. The Morgan fingerprint density at radius 3 is 2.79 bits per heavy atom. The van der Waals surface area contributed by atoms with Gasteiger partial charge in [-0.1, -0.05) is 6.07 Å². The first-order valence-corrected chi connectivity index (χ1v) is 9.24. The van der Waals surface area contributed by atoms with Crippen LogP contribution in [0.5, 0.6) is 0 Å². The van der Waals surface area contributed by atoms with Gasteiger partial charge in [0.05, 0.1) is 16.2 Å². The monoisotopic (exact) mass is 380 g/mol. The number of hydrogen-bond acceptors (Lipinski definition) is 6. The number of carbonyl (C=O) groups is 1. The number of nitro groups is 1. The Morgan fingerprint density at radius 2 is 2.00 bits per heavy atom. The van der Waals surface area contributed by atoms with Crippen LogP contribution in [0.25, 0.3) is 5.65 Å². The van der Waals surface area contributed by atoms with Crippen molar-refractivity contribution in [3.8, 4) is 0 Å². The fraction of sp³-hybridized carbons (Fsp3) is 0.316. The normalized spacial score (nSPS) is 13.8. The maximum Gasteiger partial charge on any atom is 0.270 e. The third kappa shape index (κ3) is 3.51. The lowest BCUT2D eigenvalue weighted by Crippen LogP contribution is -2.29. The van der Waals surface area contributed by atoms with E-state index in [1.165, 1.54) is 12.1 Å². The second-order valence-corrected chi connectivity index (χ2v) is 6.70. The van der Waals surface area contributed by atoms with Crippen LogP contribution in [-0.4, -0.2) is 45.1 Å². The Kier molecular flexibility index (Phi) is 4.88. The van der Waals surface area contributed by atoms with E-state index in [0.717, 1.165) is 43.1 Å². The average molecular weight is 380 g/mol. The van der Waals surface area contributed by atoms with Gasteiger partial charge in [-0.25, -0.2) is 0 Å². The van der Waals surface area contributed by atoms with Crippen LogP contribution in [-0.2, 0) is 6.42 Å². The van der Waals surface area contributed by atoms with Crippen LogP contribution in [0.1, 0.15) is 29.0 Å². The predicted octanol–water partition coefficient (Wildman–Crippen LogP) is 2.21. The molecule has 1 saturated heterocycles.